The van der Waals surface area contributed by atoms with E-state index in [2.05, 4.69) is 0 Å². The Morgan fingerprint density at radius 1 is 1.42 bits per heavy atom. The molecule has 0 unspecified atom stereocenters. The van der Waals surface area contributed by atoms with E-state index >= 15 is 0 Å². The summed E-state index contributed by atoms with van der Waals surface area (Å²) in [4.78, 5) is 11.1. The quantitative estimate of drug-likeness (QED) is 0.556. The van der Waals surface area contributed by atoms with Gasteiger partial charge in [-0.1, -0.05) is 6.92 Å². The van der Waals surface area contributed by atoms with Crippen LogP contribution in [0.3, 0.4) is 0 Å². The summed E-state index contributed by atoms with van der Waals surface area (Å²) in [6.45, 7) is 2.60. The van der Waals surface area contributed by atoms with Crippen LogP contribution in [0.15, 0.2) is 0 Å². The second-order valence-electron chi connectivity index (χ2n) is 2.35. The molecule has 0 saturated carbocycles. The molecule has 0 aromatic heterocycles. The zero-order valence-electron chi connectivity index (χ0n) is 7.83. The van der Waals surface area contributed by atoms with E-state index in [0.29, 0.717) is 6.61 Å². The summed E-state index contributed by atoms with van der Waals surface area (Å²) < 4.78 is 14.5. The van der Waals surface area contributed by atoms with E-state index in [4.69, 9.17) is 14.2 Å². The van der Waals surface area contributed by atoms with Crippen LogP contribution in [-0.4, -0.2) is 39.5 Å². The first kappa shape index (κ1) is 11.4. The maximum atomic E-state index is 11.1. The molecule has 0 aliphatic rings. The molecule has 0 heterocycles. The first-order valence-corrected chi connectivity index (χ1v) is 3.94. The molecule has 0 saturated heterocycles. The zero-order chi connectivity index (χ0) is 9.40. The molecule has 12 heavy (non-hydrogen) atoms. The lowest BCUT2D eigenvalue weighted by Gasteiger charge is -2.12. The molecule has 72 valence electrons. The number of rotatable bonds is 6. The molecule has 0 fully saturated rings. The van der Waals surface area contributed by atoms with Gasteiger partial charge < -0.3 is 14.2 Å². The number of carbonyl (C=O) groups excluding carboxylic acids is 1. The molecule has 0 spiro atoms. The highest BCUT2D eigenvalue weighted by Crippen LogP contribution is 1.95. The van der Waals surface area contributed by atoms with Gasteiger partial charge in [-0.15, -0.1) is 0 Å². The van der Waals surface area contributed by atoms with Crippen molar-refractivity contribution in [3.05, 3.63) is 0 Å². The van der Waals surface area contributed by atoms with Gasteiger partial charge in [0.05, 0.1) is 13.2 Å². The molecule has 0 aromatic rings. The van der Waals surface area contributed by atoms with Gasteiger partial charge >= 0.3 is 5.97 Å². The number of hydrogen-bond donors (Lipinski definition) is 0. The smallest absolute Gasteiger partial charge is 0.337 e. The Hall–Kier alpha value is -0.610. The molecule has 0 N–H and O–H groups in total. The summed E-state index contributed by atoms with van der Waals surface area (Å²) >= 11 is 0. The van der Waals surface area contributed by atoms with Gasteiger partial charge in [0.15, 0.2) is 6.10 Å². The van der Waals surface area contributed by atoms with Crippen molar-refractivity contribution in [2.24, 2.45) is 0 Å². The maximum Gasteiger partial charge on any atom is 0.337 e. The van der Waals surface area contributed by atoms with Gasteiger partial charge in [-0.25, -0.2) is 4.79 Å². The fourth-order valence-corrected chi connectivity index (χ4v) is 0.679. The third kappa shape index (κ3) is 4.31. The predicted molar refractivity (Wildman–Crippen MR) is 43.9 cm³/mol. The van der Waals surface area contributed by atoms with Crippen LogP contribution in [-0.2, 0) is 19.0 Å². The van der Waals surface area contributed by atoms with Crippen molar-refractivity contribution in [1.82, 2.24) is 0 Å². The van der Waals surface area contributed by atoms with Gasteiger partial charge in [0.2, 0.25) is 0 Å². The molecule has 4 heteroatoms. The minimum absolute atomic E-state index is 0.235. The van der Waals surface area contributed by atoms with Gasteiger partial charge in [0.25, 0.3) is 0 Å². The van der Waals surface area contributed by atoms with E-state index in [-0.39, 0.29) is 12.6 Å². The van der Waals surface area contributed by atoms with Gasteiger partial charge in [-0.3, -0.25) is 0 Å². The topological polar surface area (TPSA) is 44.8 Å². The average Bonchev–Trinajstić information content (AvgIpc) is 2.10. The Balaban J connectivity index is 3.69. The first-order chi connectivity index (χ1) is 5.76. The minimum atomic E-state index is -0.596. The lowest BCUT2D eigenvalue weighted by Crippen LogP contribution is -2.29. The zero-order valence-corrected chi connectivity index (χ0v) is 7.83. The monoisotopic (exact) mass is 176 g/mol. The van der Waals surface area contributed by atoms with Crippen molar-refractivity contribution in [2.45, 2.75) is 19.4 Å². The first-order valence-electron chi connectivity index (χ1n) is 3.94. The highest BCUT2D eigenvalue weighted by molar-refractivity contribution is 5.74. The van der Waals surface area contributed by atoms with Crippen molar-refractivity contribution in [1.29, 1.82) is 0 Å². The lowest BCUT2D eigenvalue weighted by molar-refractivity contribution is -0.158. The van der Waals surface area contributed by atoms with Crippen molar-refractivity contribution >= 4 is 5.97 Å². The van der Waals surface area contributed by atoms with Crippen LogP contribution in [0.2, 0.25) is 0 Å². The second-order valence-corrected chi connectivity index (χ2v) is 2.35. The second kappa shape index (κ2) is 7.06. The van der Waals surface area contributed by atoms with E-state index < -0.39 is 6.10 Å². The molecule has 1 atom stereocenters. The summed E-state index contributed by atoms with van der Waals surface area (Å²) in [6, 6.07) is 0. The summed E-state index contributed by atoms with van der Waals surface area (Å²) in [6.07, 6.45) is 0.219. The summed E-state index contributed by atoms with van der Waals surface area (Å²) in [7, 11) is 2.97. The number of esters is 1. The minimum Gasteiger partial charge on any atom is -0.464 e. The number of ether oxygens (including phenoxy) is 3. The van der Waals surface area contributed by atoms with Gasteiger partial charge in [-0.05, 0) is 6.42 Å². The Labute approximate surface area is 72.8 Å². The van der Waals surface area contributed by atoms with Crippen molar-refractivity contribution < 1.29 is 19.0 Å². The van der Waals surface area contributed by atoms with Crippen LogP contribution in [0, 0.1) is 0 Å². The Morgan fingerprint density at radius 3 is 2.50 bits per heavy atom. The van der Waals surface area contributed by atoms with Crippen LogP contribution in [0.25, 0.3) is 0 Å². The molecule has 4 nitrogen and oxygen atoms in total. The lowest BCUT2D eigenvalue weighted by atomic mass is 10.4. The highest BCUT2D eigenvalue weighted by atomic mass is 16.6. The van der Waals surface area contributed by atoms with Crippen molar-refractivity contribution in [3.63, 3.8) is 0 Å². The summed E-state index contributed by atoms with van der Waals surface area (Å²) in [5.74, 6) is -0.360. The molecular formula is C8H16O4. The fraction of sp³-hybridized carbons (Fsp3) is 0.875. The van der Waals surface area contributed by atoms with E-state index in [1.54, 1.807) is 0 Å². The normalized spacial score (nSPS) is 12.6. The maximum absolute atomic E-state index is 11.1. The molecule has 0 rings (SSSR count). The molecule has 0 aliphatic carbocycles. The SMILES string of the molecule is CCCOC(=O)[C@H](COC)OC. The molecule has 0 aromatic carbocycles. The van der Waals surface area contributed by atoms with Crippen molar-refractivity contribution in [3.8, 4) is 0 Å². The molecular weight excluding hydrogens is 160 g/mol. The highest BCUT2D eigenvalue weighted by Gasteiger charge is 2.18. The number of hydrogen-bond acceptors (Lipinski definition) is 4. The standard InChI is InChI=1S/C8H16O4/c1-4-5-12-8(9)7(11-3)6-10-2/h7H,4-6H2,1-3H3/t7-/m0/s1. The van der Waals surface area contributed by atoms with Crippen LogP contribution in [0.4, 0.5) is 0 Å². The predicted octanol–water partition coefficient (Wildman–Crippen LogP) is 0.601. The van der Waals surface area contributed by atoms with E-state index in [0.717, 1.165) is 6.42 Å². The Bertz CT molecular complexity index is 124. The summed E-state index contributed by atoms with van der Waals surface area (Å²) in [5.41, 5.74) is 0. The van der Waals surface area contributed by atoms with Crippen LogP contribution < -0.4 is 0 Å². The third-order valence-corrected chi connectivity index (χ3v) is 1.31. The van der Waals surface area contributed by atoms with Gasteiger partial charge in [0.1, 0.15) is 0 Å². The molecule has 0 aliphatic heterocycles. The Morgan fingerprint density at radius 2 is 2.08 bits per heavy atom. The van der Waals surface area contributed by atoms with E-state index in [9.17, 15) is 4.79 Å². The largest absolute Gasteiger partial charge is 0.464 e. The summed E-state index contributed by atoms with van der Waals surface area (Å²) in [5, 5.41) is 0. The Kier molecular flexibility index (Phi) is 6.70. The van der Waals surface area contributed by atoms with Crippen LogP contribution in [0.5, 0.6) is 0 Å². The molecule has 0 bridgehead atoms. The number of carbonyl (C=O) groups is 1. The third-order valence-electron chi connectivity index (χ3n) is 1.31. The van der Waals surface area contributed by atoms with Crippen LogP contribution >= 0.6 is 0 Å². The van der Waals surface area contributed by atoms with E-state index in [1.807, 2.05) is 6.92 Å². The van der Waals surface area contributed by atoms with Crippen LogP contribution in [0.1, 0.15) is 13.3 Å². The molecule has 0 radical (unpaired) electrons. The van der Waals surface area contributed by atoms with Crippen molar-refractivity contribution in [2.75, 3.05) is 27.4 Å². The van der Waals surface area contributed by atoms with Gasteiger partial charge in [-0.2, -0.15) is 0 Å². The molecule has 0 amide bonds. The van der Waals surface area contributed by atoms with Gasteiger partial charge in [0, 0.05) is 14.2 Å². The average molecular weight is 176 g/mol. The number of methoxy groups -OCH3 is 2. The fourth-order valence-electron chi connectivity index (χ4n) is 0.679. The van der Waals surface area contributed by atoms with E-state index in [1.165, 1.54) is 14.2 Å².